The summed E-state index contributed by atoms with van der Waals surface area (Å²) in [5, 5.41) is 3.51. The average Bonchev–Trinajstić information content (AvgIpc) is 2.80. The van der Waals surface area contributed by atoms with Crippen LogP contribution in [0.25, 0.3) is 0 Å². The van der Waals surface area contributed by atoms with Crippen molar-refractivity contribution in [3.8, 4) is 0 Å². The normalized spacial score (nSPS) is 13.5. The third kappa shape index (κ3) is 15.6. The van der Waals surface area contributed by atoms with Crippen LogP contribution in [0, 0.1) is 0 Å². The van der Waals surface area contributed by atoms with Crippen molar-refractivity contribution in [2.75, 3.05) is 18.5 Å². The minimum absolute atomic E-state index is 0.111. The molecule has 0 amide bonds. The van der Waals surface area contributed by atoms with Gasteiger partial charge in [-0.2, -0.15) is 0 Å². The third-order valence-electron chi connectivity index (χ3n) is 6.18. The van der Waals surface area contributed by atoms with Gasteiger partial charge in [-0.3, -0.25) is 4.79 Å². The predicted octanol–water partition coefficient (Wildman–Crippen LogP) is 9.88. The molecule has 0 aliphatic rings. The van der Waals surface area contributed by atoms with Gasteiger partial charge in [-0.1, -0.05) is 140 Å². The van der Waals surface area contributed by atoms with Gasteiger partial charge in [-0.05, 0) is 31.0 Å². The van der Waals surface area contributed by atoms with E-state index in [1.807, 2.05) is 6.92 Å². The number of nitrogens with one attached hydrogen (secondary N) is 1. The maximum absolute atomic E-state index is 11.9. The Bertz CT molecular complexity index is 649. The Kier molecular flexibility index (Phi) is 17.6. The Morgan fingerprint density at radius 1 is 0.824 bits per heavy atom. The molecule has 0 fully saturated rings. The summed E-state index contributed by atoms with van der Waals surface area (Å²) >= 11 is 7.04. The van der Waals surface area contributed by atoms with Gasteiger partial charge < -0.3 is 10.1 Å². The van der Waals surface area contributed by atoms with Gasteiger partial charge in [-0.25, -0.2) is 0 Å². The van der Waals surface area contributed by atoms with E-state index in [9.17, 15) is 4.79 Å². The van der Waals surface area contributed by atoms with Crippen LogP contribution in [-0.2, 0) is 9.53 Å². The monoisotopic (exact) mass is 617 g/mol. The molecule has 34 heavy (non-hydrogen) atoms. The summed E-state index contributed by atoms with van der Waals surface area (Å²) in [6.07, 6.45) is 16.7. The van der Waals surface area contributed by atoms with Crippen LogP contribution in [0.2, 0.25) is 25.7 Å². The van der Waals surface area contributed by atoms with Crippen molar-refractivity contribution in [3.63, 3.8) is 0 Å². The highest BCUT2D eigenvalue weighted by atomic mass is 79.9. The number of rotatable bonds is 20. The van der Waals surface area contributed by atoms with Crippen molar-refractivity contribution in [1.82, 2.24) is 0 Å². The molecule has 3 nitrogen and oxygen atoms in total. The number of unbranched alkanes of at least 4 members (excludes halogenated alkanes) is 11. The molecular weight excluding hydrogens is 570 g/mol. The number of alkyl halides is 2. The summed E-state index contributed by atoms with van der Waals surface area (Å²) in [4.78, 5) is 11.4. The molecule has 2 atom stereocenters. The first kappa shape index (κ1) is 31.7. The van der Waals surface area contributed by atoms with Crippen LogP contribution < -0.4 is 5.32 Å². The lowest BCUT2D eigenvalue weighted by Gasteiger charge is -2.16. The molecule has 1 aromatic carbocycles. The number of benzene rings is 1. The van der Waals surface area contributed by atoms with E-state index >= 15 is 0 Å². The summed E-state index contributed by atoms with van der Waals surface area (Å²) in [5.74, 6) is -0.241. The van der Waals surface area contributed by atoms with Crippen LogP contribution in [0.1, 0.15) is 94.4 Å². The molecule has 196 valence electrons. The highest BCUT2D eigenvalue weighted by Gasteiger charge is 2.26. The van der Waals surface area contributed by atoms with Crippen molar-refractivity contribution in [3.05, 3.63) is 29.8 Å². The van der Waals surface area contributed by atoms with Crippen LogP contribution in [0.5, 0.6) is 0 Å². The van der Waals surface area contributed by atoms with E-state index in [2.05, 4.69) is 81.1 Å². The first-order chi connectivity index (χ1) is 16.2. The van der Waals surface area contributed by atoms with Crippen molar-refractivity contribution >= 4 is 51.6 Å². The topological polar surface area (TPSA) is 38.3 Å². The number of carbonyl (C=O) groups is 1. The SMILES string of the molecule is CCOC(=O)C(Br)C(Br)c1ccc(NCCCCCCCCCCCCCC[Si](C)(C)C)cc1. The van der Waals surface area contributed by atoms with Gasteiger partial charge >= 0.3 is 5.97 Å². The second-order valence-corrected chi connectivity index (χ2v) is 18.3. The molecule has 1 aromatic rings. The lowest BCUT2D eigenvalue weighted by atomic mass is 10.1. The average molecular weight is 620 g/mol. The van der Waals surface area contributed by atoms with E-state index in [0.717, 1.165) is 17.8 Å². The largest absolute Gasteiger partial charge is 0.465 e. The van der Waals surface area contributed by atoms with Crippen LogP contribution >= 0.6 is 31.9 Å². The van der Waals surface area contributed by atoms with Crippen molar-refractivity contribution in [2.45, 2.75) is 119 Å². The molecule has 0 saturated heterocycles. The van der Waals surface area contributed by atoms with E-state index in [1.54, 1.807) is 0 Å². The Hall–Kier alpha value is -0.333. The van der Waals surface area contributed by atoms with E-state index in [1.165, 1.54) is 83.1 Å². The van der Waals surface area contributed by atoms with Crippen molar-refractivity contribution in [1.29, 1.82) is 0 Å². The van der Waals surface area contributed by atoms with Crippen LogP contribution in [0.3, 0.4) is 0 Å². The molecular formula is C28H49Br2NO2Si. The van der Waals surface area contributed by atoms with Gasteiger partial charge in [0, 0.05) is 20.3 Å². The number of halogens is 2. The van der Waals surface area contributed by atoms with Gasteiger partial charge in [0.15, 0.2) is 0 Å². The molecule has 1 N–H and O–H groups in total. The van der Waals surface area contributed by atoms with Crippen LogP contribution in [-0.4, -0.2) is 32.0 Å². The molecule has 1 rings (SSSR count). The smallest absolute Gasteiger partial charge is 0.321 e. The highest BCUT2D eigenvalue weighted by molar-refractivity contribution is 9.12. The van der Waals surface area contributed by atoms with Crippen molar-refractivity contribution < 1.29 is 9.53 Å². The van der Waals surface area contributed by atoms with Gasteiger partial charge in [0.05, 0.1) is 11.4 Å². The minimum atomic E-state index is -0.812. The third-order valence-corrected chi connectivity index (χ3v) is 10.7. The van der Waals surface area contributed by atoms with Gasteiger partial charge in [0.25, 0.3) is 0 Å². The van der Waals surface area contributed by atoms with Gasteiger partial charge in [0.2, 0.25) is 0 Å². The van der Waals surface area contributed by atoms with Crippen LogP contribution in [0.4, 0.5) is 5.69 Å². The fourth-order valence-electron chi connectivity index (χ4n) is 4.08. The number of anilines is 1. The lowest BCUT2D eigenvalue weighted by Crippen LogP contribution is -2.21. The molecule has 2 unspecified atom stereocenters. The number of esters is 1. The second-order valence-electron chi connectivity index (χ2n) is 10.7. The molecule has 0 bridgehead atoms. The molecule has 0 radical (unpaired) electrons. The Morgan fingerprint density at radius 2 is 1.29 bits per heavy atom. The molecule has 0 aliphatic carbocycles. The summed E-state index contributed by atoms with van der Waals surface area (Å²) in [6.45, 7) is 10.7. The second kappa shape index (κ2) is 18.9. The zero-order valence-corrected chi connectivity index (χ0v) is 26.3. The zero-order valence-electron chi connectivity index (χ0n) is 22.1. The molecule has 0 spiro atoms. The fraction of sp³-hybridized carbons (Fsp3) is 0.750. The van der Waals surface area contributed by atoms with E-state index in [4.69, 9.17) is 4.74 Å². The zero-order chi connectivity index (χ0) is 25.2. The maximum Gasteiger partial charge on any atom is 0.321 e. The summed E-state index contributed by atoms with van der Waals surface area (Å²) in [7, 11) is -0.812. The summed E-state index contributed by atoms with van der Waals surface area (Å²) in [6, 6.07) is 9.79. The highest BCUT2D eigenvalue weighted by Crippen LogP contribution is 2.32. The van der Waals surface area contributed by atoms with Gasteiger partial charge in [-0.15, -0.1) is 0 Å². The summed E-state index contributed by atoms with van der Waals surface area (Å²) < 4.78 is 5.09. The molecule has 0 saturated carbocycles. The number of ether oxygens (including phenoxy) is 1. The Morgan fingerprint density at radius 3 is 1.76 bits per heavy atom. The summed E-state index contributed by atoms with van der Waals surface area (Å²) in [5.41, 5.74) is 2.19. The first-order valence-electron chi connectivity index (χ1n) is 13.5. The number of hydrogen-bond donors (Lipinski definition) is 1. The number of carbonyl (C=O) groups excluding carboxylic acids is 1. The first-order valence-corrected chi connectivity index (χ1v) is 19.1. The quantitative estimate of drug-likeness (QED) is 0.0684. The van der Waals surface area contributed by atoms with Crippen LogP contribution in [0.15, 0.2) is 24.3 Å². The Balaban J connectivity index is 1.99. The maximum atomic E-state index is 11.9. The molecule has 6 heteroatoms. The fourth-order valence-corrected chi connectivity index (χ4v) is 6.35. The van der Waals surface area contributed by atoms with E-state index in [0.29, 0.717) is 6.61 Å². The van der Waals surface area contributed by atoms with E-state index in [-0.39, 0.29) is 10.8 Å². The van der Waals surface area contributed by atoms with E-state index < -0.39 is 12.9 Å². The number of hydrogen-bond acceptors (Lipinski definition) is 3. The predicted molar refractivity (Wildman–Crippen MR) is 160 cm³/mol. The Labute approximate surface area is 227 Å². The molecule has 0 aliphatic heterocycles. The minimum Gasteiger partial charge on any atom is -0.465 e. The lowest BCUT2D eigenvalue weighted by molar-refractivity contribution is -0.142. The molecule has 0 aromatic heterocycles. The van der Waals surface area contributed by atoms with Gasteiger partial charge in [0.1, 0.15) is 4.83 Å². The standard InChI is InChI=1S/C28H49Br2NO2Si/c1-5-33-28(32)27(30)26(29)24-18-20-25(21-19-24)31-22-16-14-12-10-8-6-7-9-11-13-15-17-23-34(2,3)4/h18-21,26-27,31H,5-17,22-23H2,1-4H3. The molecule has 0 heterocycles. The van der Waals surface area contributed by atoms with Crippen molar-refractivity contribution in [2.24, 2.45) is 0 Å².